The lowest BCUT2D eigenvalue weighted by molar-refractivity contribution is -0.145. The zero-order chi connectivity index (χ0) is 59.5. The molecule has 3 aliphatic rings. The van der Waals surface area contributed by atoms with Crippen molar-refractivity contribution in [3.63, 3.8) is 0 Å². The molecule has 11 rings (SSSR count). The molecule has 432 valence electrons. The molecule has 9 heterocycles. The van der Waals surface area contributed by atoms with E-state index in [1.807, 2.05) is 44.9 Å². The number of carbonyl (C=O) groups is 4. The van der Waals surface area contributed by atoms with Gasteiger partial charge in [0.15, 0.2) is 0 Å². The van der Waals surface area contributed by atoms with Crippen molar-refractivity contribution >= 4 is 97.4 Å². The van der Waals surface area contributed by atoms with Crippen molar-refractivity contribution in [3.05, 3.63) is 168 Å². The number of hydrogen-bond acceptors (Lipinski definition) is 12. The highest BCUT2D eigenvalue weighted by Gasteiger charge is 2.43. The van der Waals surface area contributed by atoms with Crippen molar-refractivity contribution in [3.8, 4) is 11.3 Å². The summed E-state index contributed by atoms with van der Waals surface area (Å²) in [5.74, 6) is -2.05. The molecular formula is C57H58BBrCl2F2N12O8. The Morgan fingerprint density at radius 3 is 1.49 bits per heavy atom. The number of nitrogens with zero attached hydrogens (tertiary/aromatic N) is 10. The zero-order valence-corrected chi connectivity index (χ0v) is 49.3. The zero-order valence-electron chi connectivity index (χ0n) is 46.2. The van der Waals surface area contributed by atoms with Gasteiger partial charge < -0.3 is 38.9 Å². The van der Waals surface area contributed by atoms with Crippen molar-refractivity contribution in [2.75, 3.05) is 39.4 Å². The Bertz CT molecular complexity index is 3850. The van der Waals surface area contributed by atoms with Crippen molar-refractivity contribution in [1.29, 1.82) is 0 Å². The monoisotopic (exact) mass is 1240 g/mol. The van der Waals surface area contributed by atoms with Crippen LogP contribution in [0.15, 0.2) is 124 Å². The molecule has 2 N–H and O–H groups in total. The first-order chi connectivity index (χ1) is 39.3. The first-order valence-electron chi connectivity index (χ1n) is 26.2. The van der Waals surface area contributed by atoms with Crippen molar-refractivity contribution in [1.82, 2.24) is 58.6 Å². The molecule has 2 aromatic carbocycles. The van der Waals surface area contributed by atoms with Crippen LogP contribution in [0.5, 0.6) is 0 Å². The highest BCUT2D eigenvalue weighted by Crippen LogP contribution is 2.28. The van der Waals surface area contributed by atoms with E-state index >= 15 is 0 Å². The molecule has 3 aliphatic heterocycles. The Kier molecular flexibility index (Phi) is 17.8. The van der Waals surface area contributed by atoms with Crippen LogP contribution in [0.2, 0.25) is 10.0 Å². The van der Waals surface area contributed by atoms with E-state index in [2.05, 4.69) is 46.5 Å². The number of pyridine rings is 4. The maximum absolute atomic E-state index is 14.0. The number of fused-ring (bicyclic) bond motifs is 2. The first-order valence-corrected chi connectivity index (χ1v) is 27.7. The largest absolute Gasteiger partial charge is 0.495 e. The number of rotatable bonds is 12. The number of aryl methyl sites for hydroxylation is 2. The lowest BCUT2D eigenvalue weighted by atomic mass is 9.76. The van der Waals surface area contributed by atoms with Gasteiger partial charge in [0.2, 0.25) is 11.8 Å². The van der Waals surface area contributed by atoms with E-state index in [0.29, 0.717) is 50.8 Å². The van der Waals surface area contributed by atoms with Gasteiger partial charge in [-0.1, -0.05) is 61.3 Å². The third-order valence-electron chi connectivity index (χ3n) is 13.7. The Morgan fingerprint density at radius 2 is 1.08 bits per heavy atom. The summed E-state index contributed by atoms with van der Waals surface area (Å²) in [5.41, 5.74) is -0.553. The molecule has 6 aromatic heterocycles. The van der Waals surface area contributed by atoms with Gasteiger partial charge in [-0.25, -0.2) is 28.7 Å². The van der Waals surface area contributed by atoms with Gasteiger partial charge in [0, 0.05) is 102 Å². The lowest BCUT2D eigenvalue weighted by Crippen LogP contribution is -2.60. The number of nitrogens with one attached hydrogen (secondary N) is 2. The number of imidazole rings is 2. The van der Waals surface area contributed by atoms with E-state index in [4.69, 9.17) is 32.5 Å². The fraction of sp³-hybridized carbons (Fsp3) is 0.333. The number of amides is 4. The molecular weight excluding hydrogens is 1180 g/mol. The van der Waals surface area contributed by atoms with Crippen LogP contribution < -0.4 is 27.2 Å². The molecule has 0 bridgehead atoms. The van der Waals surface area contributed by atoms with Gasteiger partial charge in [-0.15, -0.1) is 0 Å². The molecule has 3 fully saturated rings. The van der Waals surface area contributed by atoms with E-state index in [0.717, 1.165) is 20.3 Å². The average molecular weight is 1240 g/mol. The third kappa shape index (κ3) is 14.8. The highest BCUT2D eigenvalue weighted by molar-refractivity contribution is 9.10. The molecule has 4 amide bonds. The Labute approximate surface area is 494 Å². The van der Waals surface area contributed by atoms with Gasteiger partial charge in [0.25, 0.3) is 22.9 Å². The fourth-order valence-corrected chi connectivity index (χ4v) is 10.0. The SMILES string of the molecule is CC1(C)COB(c2cnc3c(c2)cc(C(=O)NCc2ccc(Cl)cc2)c(=O)n3CC(=O)N2CC(C)(F)C2)OC1.Cn1cnc(-c2cnc3c(c2)cc(C(=O)NCc2ccc(Cl)cc2)c(=O)n3CC(=O)N2CC(C)(F)C2)c1.Cn1cnc(Br)c1. The Hall–Kier alpha value is -7.64. The van der Waals surface area contributed by atoms with Gasteiger partial charge in [-0.2, -0.15) is 0 Å². The van der Waals surface area contributed by atoms with Crippen molar-refractivity contribution in [2.24, 2.45) is 19.5 Å². The molecule has 20 nitrogen and oxygen atoms in total. The van der Waals surface area contributed by atoms with E-state index in [1.165, 1.54) is 46.5 Å². The molecule has 0 unspecified atom stereocenters. The smallest absolute Gasteiger partial charge is 0.407 e. The summed E-state index contributed by atoms with van der Waals surface area (Å²) >= 11 is 15.1. The third-order valence-corrected chi connectivity index (χ3v) is 14.6. The molecule has 8 aromatic rings. The summed E-state index contributed by atoms with van der Waals surface area (Å²) in [6, 6.07) is 20.4. The molecule has 3 saturated heterocycles. The van der Waals surface area contributed by atoms with E-state index in [-0.39, 0.29) is 80.2 Å². The second-order valence-corrected chi connectivity index (χ2v) is 23.8. The average Bonchev–Trinajstić information content (AvgIpc) is 4.02. The summed E-state index contributed by atoms with van der Waals surface area (Å²) in [5, 5.41) is 7.60. The van der Waals surface area contributed by atoms with Crippen LogP contribution in [0, 0.1) is 5.41 Å². The Morgan fingerprint density at radius 1 is 0.639 bits per heavy atom. The van der Waals surface area contributed by atoms with Crippen LogP contribution in [-0.2, 0) is 59.2 Å². The predicted molar refractivity (Wildman–Crippen MR) is 314 cm³/mol. The van der Waals surface area contributed by atoms with Gasteiger partial charge in [-0.05, 0) is 89.4 Å². The van der Waals surface area contributed by atoms with Gasteiger partial charge in [0.1, 0.15) is 51.5 Å². The number of likely N-dealkylation sites (tertiary alicyclic amines) is 2. The lowest BCUT2D eigenvalue weighted by Gasteiger charge is -2.42. The fourth-order valence-electron chi connectivity index (χ4n) is 9.34. The van der Waals surface area contributed by atoms with Crippen LogP contribution in [0.25, 0.3) is 33.3 Å². The number of hydrogen-bond donors (Lipinski definition) is 2. The maximum atomic E-state index is 14.0. The molecule has 0 atom stereocenters. The van der Waals surface area contributed by atoms with Crippen LogP contribution in [-0.4, -0.2) is 129 Å². The van der Waals surface area contributed by atoms with Crippen molar-refractivity contribution < 1.29 is 37.3 Å². The number of halogens is 5. The summed E-state index contributed by atoms with van der Waals surface area (Å²) < 4.78 is 46.6. The minimum absolute atomic E-state index is 0.0446. The standard InChI is InChI=1S/C27H29BClFN4O5.C26H24ClFN6O3.C4H5BrN2/c1-26(2)15-38-28(39-16-26)19-8-18-9-21(24(36)32-10-17-4-6-20(29)7-5-17)25(37)34(23(18)31-11-19)12-22(35)33-13-27(3,30)14-33;1-26(28)13-33(14-26)22(35)12-34-23-17(7-18(10-29-23)21-11-32(2)15-31-21)8-20(25(34)37)24(36)30-9-16-3-5-19(27)6-4-16;1-7-2-4(5)6-3-7/h4-9,11H,10,12-16H2,1-3H3,(H,32,36);3-8,10-11,15H,9,12-14H2,1-2H3,(H,30,36);2-3H,1H3. The van der Waals surface area contributed by atoms with E-state index in [1.54, 1.807) is 84.1 Å². The quantitative estimate of drug-likeness (QED) is 0.126. The van der Waals surface area contributed by atoms with Crippen LogP contribution >= 0.6 is 39.1 Å². The molecule has 0 radical (unpaired) electrons. The Balaban J connectivity index is 0.000000178. The maximum Gasteiger partial charge on any atom is 0.495 e. The highest BCUT2D eigenvalue weighted by atomic mass is 79.9. The number of carbonyl (C=O) groups excluding carboxylic acids is 4. The van der Waals surface area contributed by atoms with Crippen LogP contribution in [0.1, 0.15) is 59.5 Å². The van der Waals surface area contributed by atoms with Crippen molar-refractivity contribution in [2.45, 2.75) is 65.2 Å². The normalized spacial score (nSPS) is 15.7. The summed E-state index contributed by atoms with van der Waals surface area (Å²) in [6.45, 7) is 7.33. The second-order valence-electron chi connectivity index (χ2n) is 22.1. The second kappa shape index (κ2) is 24.7. The molecule has 0 saturated carbocycles. The minimum Gasteiger partial charge on any atom is -0.407 e. The molecule has 83 heavy (non-hydrogen) atoms. The van der Waals surface area contributed by atoms with Crippen LogP contribution in [0.4, 0.5) is 8.78 Å². The molecule has 0 aliphatic carbocycles. The van der Waals surface area contributed by atoms with E-state index < -0.39 is 53.2 Å². The summed E-state index contributed by atoms with van der Waals surface area (Å²) in [7, 11) is 3.12. The topological polar surface area (TPSA) is 223 Å². The minimum atomic E-state index is -1.45. The first kappa shape index (κ1) is 60.0. The number of alkyl halides is 2. The van der Waals surface area contributed by atoms with Crippen LogP contribution in [0.3, 0.4) is 0 Å². The van der Waals surface area contributed by atoms with Gasteiger partial charge >= 0.3 is 7.12 Å². The summed E-state index contributed by atoms with van der Waals surface area (Å²) in [4.78, 5) is 98.7. The van der Waals surface area contributed by atoms with E-state index in [9.17, 15) is 37.5 Å². The number of aromatic nitrogens is 8. The predicted octanol–water partition coefficient (Wildman–Crippen LogP) is 6.45. The molecule has 26 heteroatoms. The van der Waals surface area contributed by atoms with Gasteiger partial charge in [-0.3, -0.25) is 37.9 Å². The summed E-state index contributed by atoms with van der Waals surface area (Å²) in [6.07, 6.45) is 10.2. The number of benzene rings is 2. The van der Waals surface area contributed by atoms with Gasteiger partial charge in [0.05, 0.1) is 44.5 Å². The molecule has 0 spiro atoms.